The van der Waals surface area contributed by atoms with Crippen LogP contribution < -0.4 is 0 Å². The van der Waals surface area contributed by atoms with Gasteiger partial charge in [-0.15, -0.1) is 23.2 Å². The van der Waals surface area contributed by atoms with Gasteiger partial charge in [-0.25, -0.2) is 0 Å². The molecule has 0 saturated heterocycles. The van der Waals surface area contributed by atoms with Crippen LogP contribution in [0.15, 0.2) is 36.0 Å². The van der Waals surface area contributed by atoms with Crippen LogP contribution in [0, 0.1) is 0 Å². The molecule has 100 valence electrons. The maximum Gasteiger partial charge on any atom is 0.209 e. The second-order valence-electron chi connectivity index (χ2n) is 4.13. The number of benzene rings is 1. The van der Waals surface area contributed by atoms with Crippen LogP contribution in [0.3, 0.4) is 0 Å². The van der Waals surface area contributed by atoms with Crippen LogP contribution in [0.5, 0.6) is 0 Å². The van der Waals surface area contributed by atoms with Crippen LogP contribution in [-0.4, -0.2) is 41.3 Å². The van der Waals surface area contributed by atoms with E-state index in [1.54, 1.807) is 29.2 Å². The number of fused-ring (bicyclic) bond motifs is 1. The molecule has 0 heterocycles. The SMILES string of the molecule is O=C1C=C(N(CCCl)CCCl)C(=O)c2ccccc21. The highest BCUT2D eigenvalue weighted by atomic mass is 35.5. The average Bonchev–Trinajstić information content (AvgIpc) is 2.43. The highest BCUT2D eigenvalue weighted by Crippen LogP contribution is 2.23. The standard InChI is InChI=1S/C14H13Cl2NO2/c15-5-7-17(8-6-16)12-9-13(18)10-3-1-2-4-11(10)14(12)19/h1-4,9H,5-8H2. The summed E-state index contributed by atoms with van der Waals surface area (Å²) in [5.41, 5.74) is 1.28. The van der Waals surface area contributed by atoms with E-state index in [9.17, 15) is 9.59 Å². The smallest absolute Gasteiger partial charge is 0.209 e. The van der Waals surface area contributed by atoms with Gasteiger partial charge in [0.05, 0.1) is 5.70 Å². The fourth-order valence-corrected chi connectivity index (χ4v) is 2.50. The summed E-state index contributed by atoms with van der Waals surface area (Å²) in [4.78, 5) is 26.2. The van der Waals surface area contributed by atoms with E-state index in [0.29, 0.717) is 41.7 Å². The van der Waals surface area contributed by atoms with E-state index < -0.39 is 0 Å². The molecule has 0 aliphatic heterocycles. The van der Waals surface area contributed by atoms with E-state index in [1.165, 1.54) is 6.08 Å². The van der Waals surface area contributed by atoms with Gasteiger partial charge in [0.15, 0.2) is 5.78 Å². The van der Waals surface area contributed by atoms with Gasteiger partial charge in [-0.05, 0) is 0 Å². The molecule has 2 rings (SSSR count). The van der Waals surface area contributed by atoms with E-state index >= 15 is 0 Å². The summed E-state index contributed by atoms with van der Waals surface area (Å²) < 4.78 is 0. The minimum Gasteiger partial charge on any atom is -0.366 e. The monoisotopic (exact) mass is 297 g/mol. The molecule has 1 aliphatic rings. The third-order valence-corrected chi connectivity index (χ3v) is 3.33. The molecule has 1 aromatic rings. The number of ketones is 2. The second-order valence-corrected chi connectivity index (χ2v) is 4.89. The zero-order valence-corrected chi connectivity index (χ0v) is 11.7. The van der Waals surface area contributed by atoms with Crippen LogP contribution in [0.4, 0.5) is 0 Å². The molecule has 0 bridgehead atoms. The molecule has 0 unspecified atom stereocenters. The molecular formula is C14H13Cl2NO2. The van der Waals surface area contributed by atoms with Crippen LogP contribution in [-0.2, 0) is 0 Å². The maximum absolute atomic E-state index is 12.4. The van der Waals surface area contributed by atoms with Gasteiger partial charge in [-0.3, -0.25) is 9.59 Å². The van der Waals surface area contributed by atoms with E-state index in [0.717, 1.165) is 0 Å². The van der Waals surface area contributed by atoms with Gasteiger partial charge < -0.3 is 4.90 Å². The first-order valence-electron chi connectivity index (χ1n) is 5.95. The number of allylic oxidation sites excluding steroid dienone is 2. The molecule has 5 heteroatoms. The number of hydrogen-bond acceptors (Lipinski definition) is 3. The number of halogens is 2. The Hall–Kier alpha value is -1.32. The van der Waals surface area contributed by atoms with Crippen LogP contribution in [0.2, 0.25) is 0 Å². The fourth-order valence-electron chi connectivity index (χ4n) is 2.09. The Bertz CT molecular complexity index is 534. The minimum absolute atomic E-state index is 0.148. The zero-order valence-electron chi connectivity index (χ0n) is 10.2. The number of Topliss-reactive ketones (excluding diaryl/α,β-unsaturated/α-hetero) is 1. The number of hydrogen-bond donors (Lipinski definition) is 0. The Kier molecular flexibility index (Phi) is 4.61. The Labute approximate surface area is 121 Å². The van der Waals surface area contributed by atoms with Crippen molar-refractivity contribution < 1.29 is 9.59 Å². The Morgan fingerprint density at radius 3 is 2.11 bits per heavy atom. The van der Waals surface area contributed by atoms with Crippen molar-refractivity contribution in [3.8, 4) is 0 Å². The molecule has 1 aliphatic carbocycles. The predicted octanol–water partition coefficient (Wildman–Crippen LogP) is 2.73. The van der Waals surface area contributed by atoms with Crippen molar-refractivity contribution in [3.63, 3.8) is 0 Å². The van der Waals surface area contributed by atoms with Crippen molar-refractivity contribution >= 4 is 34.8 Å². The highest BCUT2D eigenvalue weighted by molar-refractivity contribution is 6.24. The van der Waals surface area contributed by atoms with Crippen molar-refractivity contribution in [3.05, 3.63) is 47.2 Å². The topological polar surface area (TPSA) is 37.4 Å². The summed E-state index contributed by atoms with van der Waals surface area (Å²) in [6.07, 6.45) is 1.38. The normalized spacial score (nSPS) is 14.1. The maximum atomic E-state index is 12.4. The summed E-state index contributed by atoms with van der Waals surface area (Å²) in [6.45, 7) is 0.975. The van der Waals surface area contributed by atoms with Gasteiger partial charge in [-0.1, -0.05) is 24.3 Å². The van der Waals surface area contributed by atoms with Crippen molar-refractivity contribution in [2.45, 2.75) is 0 Å². The van der Waals surface area contributed by atoms with Gasteiger partial charge in [0.1, 0.15) is 0 Å². The van der Waals surface area contributed by atoms with Gasteiger partial charge in [0.25, 0.3) is 0 Å². The Morgan fingerprint density at radius 1 is 0.947 bits per heavy atom. The van der Waals surface area contributed by atoms with E-state index in [4.69, 9.17) is 23.2 Å². The summed E-state index contributed by atoms with van der Waals surface area (Å²) in [5, 5.41) is 0. The molecule has 19 heavy (non-hydrogen) atoms. The lowest BCUT2D eigenvalue weighted by Gasteiger charge is -2.27. The van der Waals surface area contributed by atoms with Crippen molar-refractivity contribution in [1.82, 2.24) is 4.90 Å². The van der Waals surface area contributed by atoms with E-state index in [-0.39, 0.29) is 11.6 Å². The van der Waals surface area contributed by atoms with Gasteiger partial charge in [-0.2, -0.15) is 0 Å². The first-order chi connectivity index (χ1) is 9.19. The van der Waals surface area contributed by atoms with Gasteiger partial charge in [0.2, 0.25) is 5.78 Å². The molecular weight excluding hydrogens is 285 g/mol. The first kappa shape index (κ1) is 14.1. The zero-order chi connectivity index (χ0) is 13.8. The summed E-state index contributed by atoms with van der Waals surface area (Å²) in [5.74, 6) is 0.444. The lowest BCUT2D eigenvalue weighted by molar-refractivity contribution is 0.0954. The lowest BCUT2D eigenvalue weighted by Crippen LogP contribution is -2.34. The van der Waals surface area contributed by atoms with Gasteiger partial charge >= 0.3 is 0 Å². The third kappa shape index (κ3) is 2.82. The van der Waals surface area contributed by atoms with E-state index in [2.05, 4.69) is 0 Å². The molecule has 3 nitrogen and oxygen atoms in total. The van der Waals surface area contributed by atoms with Crippen LogP contribution in [0.1, 0.15) is 20.7 Å². The van der Waals surface area contributed by atoms with Crippen molar-refractivity contribution in [1.29, 1.82) is 0 Å². The highest BCUT2D eigenvalue weighted by Gasteiger charge is 2.28. The van der Waals surface area contributed by atoms with Gasteiger partial charge in [0, 0.05) is 42.1 Å². The summed E-state index contributed by atoms with van der Waals surface area (Å²) in [6, 6.07) is 6.83. The molecule has 0 amide bonds. The molecule has 0 N–H and O–H groups in total. The molecule has 1 aromatic carbocycles. The Morgan fingerprint density at radius 2 is 1.53 bits per heavy atom. The number of nitrogens with zero attached hydrogens (tertiary/aromatic N) is 1. The summed E-state index contributed by atoms with van der Waals surface area (Å²) >= 11 is 11.5. The molecule has 0 fully saturated rings. The fraction of sp³-hybridized carbons (Fsp3) is 0.286. The molecule has 0 aromatic heterocycles. The predicted molar refractivity (Wildman–Crippen MR) is 76.2 cm³/mol. The van der Waals surface area contributed by atoms with Crippen molar-refractivity contribution in [2.24, 2.45) is 0 Å². The first-order valence-corrected chi connectivity index (χ1v) is 7.02. The molecule has 0 radical (unpaired) electrons. The number of carbonyl (C=O) groups is 2. The molecule has 0 saturated carbocycles. The molecule has 0 atom stereocenters. The third-order valence-electron chi connectivity index (χ3n) is 2.99. The minimum atomic E-state index is -0.153. The quantitative estimate of drug-likeness (QED) is 0.784. The second kappa shape index (κ2) is 6.22. The lowest BCUT2D eigenvalue weighted by atomic mass is 9.92. The van der Waals surface area contributed by atoms with Crippen LogP contribution in [0.25, 0.3) is 0 Å². The average molecular weight is 298 g/mol. The van der Waals surface area contributed by atoms with Crippen LogP contribution >= 0.6 is 23.2 Å². The number of carbonyl (C=O) groups excluding carboxylic acids is 2. The number of rotatable bonds is 5. The van der Waals surface area contributed by atoms with E-state index in [1.807, 2.05) is 0 Å². The number of alkyl halides is 2. The summed E-state index contributed by atoms with van der Waals surface area (Å²) in [7, 11) is 0. The van der Waals surface area contributed by atoms with Crippen molar-refractivity contribution in [2.75, 3.05) is 24.8 Å². The molecule has 0 spiro atoms. The largest absolute Gasteiger partial charge is 0.366 e. The Balaban J connectivity index is 2.38.